The van der Waals surface area contributed by atoms with E-state index in [2.05, 4.69) is 36.3 Å². The largest absolute Gasteiger partial charge is 0.497 e. The van der Waals surface area contributed by atoms with Gasteiger partial charge in [0.1, 0.15) is 17.3 Å². The molecule has 0 fully saturated rings. The van der Waals surface area contributed by atoms with Crippen LogP contribution in [0.3, 0.4) is 0 Å². The number of amides is 1. The fourth-order valence-electron chi connectivity index (χ4n) is 2.83. The summed E-state index contributed by atoms with van der Waals surface area (Å²) < 4.78 is 7.25. The minimum Gasteiger partial charge on any atom is -0.497 e. The number of aryl methyl sites for hydroxylation is 1. The smallest absolute Gasteiger partial charge is 0.258 e. The van der Waals surface area contributed by atoms with E-state index in [1.54, 1.807) is 31.2 Å². The average Bonchev–Trinajstić information content (AvgIpc) is 3.37. The molecule has 152 valence electrons. The Morgan fingerprint density at radius 1 is 1.27 bits per heavy atom. The van der Waals surface area contributed by atoms with Gasteiger partial charge >= 0.3 is 0 Å². The summed E-state index contributed by atoms with van der Waals surface area (Å²) in [6, 6.07) is 12.1. The molecule has 0 spiro atoms. The van der Waals surface area contributed by atoms with E-state index in [0.717, 1.165) is 4.88 Å². The molecule has 1 aromatic carbocycles. The molecule has 4 rings (SSSR count). The number of anilines is 1. The van der Waals surface area contributed by atoms with Crippen molar-refractivity contribution < 1.29 is 9.53 Å². The van der Waals surface area contributed by atoms with Crippen LogP contribution in [0.25, 0.3) is 16.5 Å². The van der Waals surface area contributed by atoms with Crippen molar-refractivity contribution in [3.8, 4) is 22.3 Å². The maximum atomic E-state index is 13.0. The molecule has 0 atom stereocenters. The zero-order chi connectivity index (χ0) is 21.3. The molecule has 8 nitrogen and oxygen atoms in total. The lowest BCUT2D eigenvalue weighted by molar-refractivity contribution is 0.102. The lowest BCUT2D eigenvalue weighted by Crippen LogP contribution is -2.19. The zero-order valence-electron chi connectivity index (χ0n) is 16.0. The number of hydrogen-bond donors (Lipinski definition) is 2. The number of ether oxygens (including phenoxy) is 1. The van der Waals surface area contributed by atoms with E-state index in [1.165, 1.54) is 29.2 Å². The second kappa shape index (κ2) is 8.25. The van der Waals surface area contributed by atoms with E-state index in [4.69, 9.17) is 4.74 Å². The van der Waals surface area contributed by atoms with Gasteiger partial charge in [-0.2, -0.15) is 9.78 Å². The van der Waals surface area contributed by atoms with Crippen LogP contribution in [-0.2, 0) is 0 Å². The summed E-state index contributed by atoms with van der Waals surface area (Å²) in [6.45, 7) is 1.72. The molecule has 0 radical (unpaired) electrons. The van der Waals surface area contributed by atoms with Crippen LogP contribution in [0.4, 0.5) is 5.82 Å². The van der Waals surface area contributed by atoms with E-state index in [-0.39, 0.29) is 17.4 Å². The maximum Gasteiger partial charge on any atom is 0.258 e. The number of halogens is 1. The molecule has 2 N–H and O–H groups in total. The first-order chi connectivity index (χ1) is 14.4. The highest BCUT2D eigenvalue weighted by Gasteiger charge is 2.18. The highest BCUT2D eigenvalue weighted by atomic mass is 79.9. The minimum atomic E-state index is -0.366. The molecule has 1 amide bonds. The Balaban J connectivity index is 1.78. The summed E-state index contributed by atoms with van der Waals surface area (Å²) >= 11 is 4.91. The van der Waals surface area contributed by atoms with Gasteiger partial charge in [0, 0.05) is 22.3 Å². The number of thiophene rings is 1. The Bertz CT molecular complexity index is 1280. The van der Waals surface area contributed by atoms with Crippen LogP contribution in [-0.4, -0.2) is 32.8 Å². The van der Waals surface area contributed by atoms with Gasteiger partial charge in [-0.25, -0.2) is 4.98 Å². The van der Waals surface area contributed by atoms with E-state index < -0.39 is 0 Å². The van der Waals surface area contributed by atoms with Crippen LogP contribution in [0.15, 0.2) is 57.1 Å². The lowest BCUT2D eigenvalue weighted by atomic mass is 10.2. The highest BCUT2D eigenvalue weighted by Crippen LogP contribution is 2.28. The fraction of sp³-hybridized carbons (Fsp3) is 0.100. The third-order valence-corrected chi connectivity index (χ3v) is 5.78. The molecule has 10 heteroatoms. The molecular weight excluding hydrogens is 470 g/mol. The number of rotatable bonds is 5. The molecule has 0 aliphatic carbocycles. The van der Waals surface area contributed by atoms with Crippen molar-refractivity contribution in [2.24, 2.45) is 0 Å². The number of benzene rings is 1. The SMILES string of the molecule is COc1ccc(Br)c(C(=O)Nc2cc(-c3cccs3)nn2-c2nc(C)cc(=O)[nH]2)c1. The van der Waals surface area contributed by atoms with Crippen molar-refractivity contribution >= 4 is 39.0 Å². The Hall–Kier alpha value is -3.24. The number of carbonyl (C=O) groups is 1. The summed E-state index contributed by atoms with van der Waals surface area (Å²) in [5.41, 5.74) is 1.27. The third-order valence-electron chi connectivity index (χ3n) is 4.20. The monoisotopic (exact) mass is 485 g/mol. The first-order valence-electron chi connectivity index (χ1n) is 8.82. The normalized spacial score (nSPS) is 10.8. The van der Waals surface area contributed by atoms with E-state index in [0.29, 0.717) is 33.0 Å². The Labute approximate surface area is 183 Å². The zero-order valence-corrected chi connectivity index (χ0v) is 18.4. The van der Waals surface area contributed by atoms with Crippen LogP contribution < -0.4 is 15.6 Å². The molecule has 0 aliphatic heterocycles. The molecule has 30 heavy (non-hydrogen) atoms. The Morgan fingerprint density at radius 2 is 2.10 bits per heavy atom. The van der Waals surface area contributed by atoms with Gasteiger partial charge in [0.25, 0.3) is 11.5 Å². The summed E-state index contributed by atoms with van der Waals surface area (Å²) in [5, 5.41) is 9.35. The Morgan fingerprint density at radius 3 is 2.80 bits per heavy atom. The van der Waals surface area contributed by atoms with Crippen molar-refractivity contribution in [3.05, 3.63) is 73.9 Å². The summed E-state index contributed by atoms with van der Waals surface area (Å²) in [4.78, 5) is 32.9. The van der Waals surface area contributed by atoms with Crippen molar-refractivity contribution in [1.82, 2.24) is 19.7 Å². The van der Waals surface area contributed by atoms with E-state index >= 15 is 0 Å². The topological polar surface area (TPSA) is 102 Å². The van der Waals surface area contributed by atoms with Gasteiger partial charge in [-0.15, -0.1) is 11.3 Å². The van der Waals surface area contributed by atoms with Gasteiger partial charge in [0.15, 0.2) is 0 Å². The van der Waals surface area contributed by atoms with Crippen LogP contribution in [0.5, 0.6) is 5.75 Å². The van der Waals surface area contributed by atoms with Crippen molar-refractivity contribution in [1.29, 1.82) is 0 Å². The first kappa shape index (κ1) is 20.0. The van der Waals surface area contributed by atoms with Gasteiger partial charge < -0.3 is 10.1 Å². The second-order valence-corrected chi connectivity index (χ2v) is 8.12. The summed E-state index contributed by atoms with van der Waals surface area (Å²) in [5.74, 6) is 0.769. The predicted molar refractivity (Wildman–Crippen MR) is 119 cm³/mol. The second-order valence-electron chi connectivity index (χ2n) is 6.31. The van der Waals surface area contributed by atoms with Gasteiger partial charge in [0.05, 0.1) is 17.6 Å². The molecule has 0 saturated heterocycles. The summed E-state index contributed by atoms with van der Waals surface area (Å²) in [7, 11) is 1.53. The van der Waals surface area contributed by atoms with Crippen LogP contribution >= 0.6 is 27.3 Å². The number of nitrogens with zero attached hydrogens (tertiary/aromatic N) is 3. The molecule has 0 aliphatic rings. The number of hydrogen-bond acceptors (Lipinski definition) is 6. The maximum absolute atomic E-state index is 13.0. The number of carbonyl (C=O) groups excluding carboxylic acids is 1. The van der Waals surface area contributed by atoms with Gasteiger partial charge in [-0.3, -0.25) is 14.6 Å². The number of H-pyrrole nitrogens is 1. The minimum absolute atomic E-state index is 0.211. The molecule has 0 unspecified atom stereocenters. The third kappa shape index (κ3) is 4.05. The molecule has 0 saturated carbocycles. The average molecular weight is 486 g/mol. The number of nitrogens with one attached hydrogen (secondary N) is 2. The number of methoxy groups -OCH3 is 1. The van der Waals surface area contributed by atoms with Gasteiger partial charge in [-0.1, -0.05) is 6.07 Å². The number of aromatic nitrogens is 4. The first-order valence-corrected chi connectivity index (χ1v) is 10.5. The quantitative estimate of drug-likeness (QED) is 0.444. The van der Waals surface area contributed by atoms with Crippen molar-refractivity contribution in [2.75, 3.05) is 12.4 Å². The molecule has 4 aromatic rings. The highest BCUT2D eigenvalue weighted by molar-refractivity contribution is 9.10. The molecule has 0 bridgehead atoms. The van der Waals surface area contributed by atoms with Gasteiger partial charge in [0.2, 0.25) is 5.95 Å². The van der Waals surface area contributed by atoms with Crippen molar-refractivity contribution in [2.45, 2.75) is 6.92 Å². The van der Waals surface area contributed by atoms with Crippen LogP contribution in [0.1, 0.15) is 16.1 Å². The molecular formula is C20H16BrN5O3S. The summed E-state index contributed by atoms with van der Waals surface area (Å²) in [6.07, 6.45) is 0. The van der Waals surface area contributed by atoms with E-state index in [9.17, 15) is 9.59 Å². The molecule has 3 heterocycles. The van der Waals surface area contributed by atoms with Crippen molar-refractivity contribution in [3.63, 3.8) is 0 Å². The predicted octanol–water partition coefficient (Wildman–Crippen LogP) is 4.02. The van der Waals surface area contributed by atoms with E-state index in [1.807, 2.05) is 17.5 Å². The fourth-order valence-corrected chi connectivity index (χ4v) is 3.94. The van der Waals surface area contributed by atoms with Crippen LogP contribution in [0, 0.1) is 6.92 Å². The van der Waals surface area contributed by atoms with Crippen LogP contribution in [0.2, 0.25) is 0 Å². The number of aromatic amines is 1. The molecule has 3 aromatic heterocycles. The lowest BCUT2D eigenvalue weighted by Gasteiger charge is -2.10. The standard InChI is InChI=1S/C20H16BrN5O3S/c1-11-8-18(27)24-20(22-11)26-17(10-15(25-26)16-4-3-7-30-16)23-19(28)13-9-12(29-2)5-6-14(13)21/h3-10H,1-2H3,(H,23,28)(H,22,24,27). The van der Waals surface area contributed by atoms with Gasteiger partial charge in [-0.05, 0) is 52.5 Å². The Kier molecular flexibility index (Phi) is 5.51.